The van der Waals surface area contributed by atoms with Gasteiger partial charge in [-0.3, -0.25) is 4.79 Å². The van der Waals surface area contributed by atoms with Gasteiger partial charge in [-0.25, -0.2) is 4.39 Å². The Balaban J connectivity index is 2.09. The lowest BCUT2D eigenvalue weighted by Crippen LogP contribution is -2.47. The van der Waals surface area contributed by atoms with Crippen LogP contribution in [0.1, 0.15) is 42.5 Å². The van der Waals surface area contributed by atoms with E-state index < -0.39 is 11.7 Å². The van der Waals surface area contributed by atoms with E-state index in [4.69, 9.17) is 17.3 Å². The van der Waals surface area contributed by atoms with Crippen molar-refractivity contribution >= 4 is 17.5 Å². The monoisotopic (exact) mass is 284 g/mol. The summed E-state index contributed by atoms with van der Waals surface area (Å²) in [5.41, 5.74) is 6.01. The first kappa shape index (κ1) is 14.3. The van der Waals surface area contributed by atoms with Gasteiger partial charge in [0.2, 0.25) is 0 Å². The first-order valence-corrected chi connectivity index (χ1v) is 6.98. The van der Waals surface area contributed by atoms with Gasteiger partial charge in [0.1, 0.15) is 0 Å². The van der Waals surface area contributed by atoms with Crippen LogP contribution in [0.2, 0.25) is 5.02 Å². The zero-order valence-corrected chi connectivity index (χ0v) is 11.4. The molecule has 2 atom stereocenters. The van der Waals surface area contributed by atoms with Crippen LogP contribution in [-0.4, -0.2) is 18.0 Å². The Kier molecular flexibility index (Phi) is 4.77. The van der Waals surface area contributed by atoms with E-state index in [0.717, 1.165) is 32.1 Å². The fourth-order valence-electron chi connectivity index (χ4n) is 2.44. The standard InChI is InChI=1S/C14H18ClFN2O/c15-10-6-4-5-9(13(10)16)14(19)18-12-8-3-1-2-7-11(12)17/h4-6,11-12H,1-3,7-8,17H2,(H,18,19). The summed E-state index contributed by atoms with van der Waals surface area (Å²) in [6, 6.07) is 4.26. The Morgan fingerprint density at radius 1 is 1.32 bits per heavy atom. The smallest absolute Gasteiger partial charge is 0.254 e. The number of benzene rings is 1. The van der Waals surface area contributed by atoms with Crippen molar-refractivity contribution in [1.29, 1.82) is 0 Å². The highest BCUT2D eigenvalue weighted by Crippen LogP contribution is 2.20. The first-order valence-electron chi connectivity index (χ1n) is 6.60. The third-order valence-corrected chi connectivity index (χ3v) is 3.87. The predicted octanol–water partition coefficient (Wildman–Crippen LogP) is 2.87. The first-order chi connectivity index (χ1) is 9.09. The van der Waals surface area contributed by atoms with Crippen LogP contribution in [0.15, 0.2) is 18.2 Å². The average molecular weight is 285 g/mol. The van der Waals surface area contributed by atoms with Gasteiger partial charge < -0.3 is 11.1 Å². The summed E-state index contributed by atoms with van der Waals surface area (Å²) < 4.78 is 13.8. The molecule has 0 saturated heterocycles. The molecule has 3 nitrogen and oxygen atoms in total. The lowest BCUT2D eigenvalue weighted by molar-refractivity contribution is 0.0924. The van der Waals surface area contributed by atoms with Crippen molar-refractivity contribution < 1.29 is 9.18 Å². The van der Waals surface area contributed by atoms with Crippen molar-refractivity contribution in [3.8, 4) is 0 Å². The van der Waals surface area contributed by atoms with Crippen molar-refractivity contribution in [2.24, 2.45) is 5.73 Å². The van der Waals surface area contributed by atoms with Crippen LogP contribution in [0.4, 0.5) is 4.39 Å². The largest absolute Gasteiger partial charge is 0.348 e. The van der Waals surface area contributed by atoms with Crippen LogP contribution < -0.4 is 11.1 Å². The number of nitrogens with two attached hydrogens (primary N) is 1. The topological polar surface area (TPSA) is 55.1 Å². The van der Waals surface area contributed by atoms with Crippen LogP contribution in [0, 0.1) is 5.82 Å². The lowest BCUT2D eigenvalue weighted by Gasteiger charge is -2.22. The molecule has 1 saturated carbocycles. The maximum Gasteiger partial charge on any atom is 0.254 e. The molecule has 2 unspecified atom stereocenters. The van der Waals surface area contributed by atoms with E-state index in [1.165, 1.54) is 12.1 Å². The number of carbonyl (C=O) groups excluding carboxylic acids is 1. The number of hydrogen-bond acceptors (Lipinski definition) is 2. The third kappa shape index (κ3) is 3.45. The number of nitrogens with one attached hydrogen (secondary N) is 1. The highest BCUT2D eigenvalue weighted by molar-refractivity contribution is 6.31. The molecule has 2 rings (SSSR count). The van der Waals surface area contributed by atoms with E-state index in [2.05, 4.69) is 5.32 Å². The highest BCUT2D eigenvalue weighted by Gasteiger charge is 2.24. The van der Waals surface area contributed by atoms with E-state index in [1.807, 2.05) is 0 Å². The molecular formula is C14H18ClFN2O. The molecular weight excluding hydrogens is 267 g/mol. The minimum absolute atomic E-state index is 0.0241. The molecule has 0 aliphatic heterocycles. The summed E-state index contributed by atoms with van der Waals surface area (Å²) >= 11 is 5.68. The molecule has 0 bridgehead atoms. The molecule has 1 fully saturated rings. The Morgan fingerprint density at radius 3 is 2.84 bits per heavy atom. The molecule has 3 N–H and O–H groups in total. The van der Waals surface area contributed by atoms with Gasteiger partial charge in [-0.05, 0) is 25.0 Å². The van der Waals surface area contributed by atoms with Crippen molar-refractivity contribution in [3.63, 3.8) is 0 Å². The van der Waals surface area contributed by atoms with Crippen LogP contribution in [0.3, 0.4) is 0 Å². The zero-order chi connectivity index (χ0) is 13.8. The molecule has 104 valence electrons. The third-order valence-electron chi connectivity index (χ3n) is 3.58. The van der Waals surface area contributed by atoms with Gasteiger partial charge in [0, 0.05) is 12.1 Å². The van der Waals surface area contributed by atoms with Gasteiger partial charge in [0.15, 0.2) is 5.82 Å². The summed E-state index contributed by atoms with van der Waals surface area (Å²) in [5, 5.41) is 2.79. The molecule has 1 aliphatic carbocycles. The van der Waals surface area contributed by atoms with E-state index in [-0.39, 0.29) is 22.7 Å². The van der Waals surface area contributed by atoms with Gasteiger partial charge in [0.25, 0.3) is 5.91 Å². The summed E-state index contributed by atoms with van der Waals surface area (Å²) in [5.74, 6) is -1.12. The van der Waals surface area contributed by atoms with Crippen LogP contribution in [0.25, 0.3) is 0 Å². The zero-order valence-electron chi connectivity index (χ0n) is 10.7. The summed E-state index contributed by atoms with van der Waals surface area (Å²) in [6.07, 6.45) is 4.99. The van der Waals surface area contributed by atoms with Crippen molar-refractivity contribution in [3.05, 3.63) is 34.6 Å². The number of hydrogen-bond donors (Lipinski definition) is 2. The van der Waals surface area contributed by atoms with Crippen molar-refractivity contribution in [2.45, 2.75) is 44.2 Å². The Hall–Kier alpha value is -1.13. The molecule has 1 amide bonds. The van der Waals surface area contributed by atoms with Crippen molar-refractivity contribution in [1.82, 2.24) is 5.32 Å². The number of carbonyl (C=O) groups is 1. The number of amides is 1. The molecule has 0 radical (unpaired) electrons. The van der Waals surface area contributed by atoms with Gasteiger partial charge in [-0.2, -0.15) is 0 Å². The average Bonchev–Trinajstić information content (AvgIpc) is 2.58. The summed E-state index contributed by atoms with van der Waals surface area (Å²) in [7, 11) is 0. The molecule has 5 heteroatoms. The Labute approximate surface area is 117 Å². The Bertz CT molecular complexity index is 467. The van der Waals surface area contributed by atoms with Gasteiger partial charge >= 0.3 is 0 Å². The SMILES string of the molecule is NC1CCCCCC1NC(=O)c1cccc(Cl)c1F. The summed E-state index contributed by atoms with van der Waals surface area (Å²) in [4.78, 5) is 12.1. The number of halogens is 2. The van der Waals surface area contributed by atoms with Gasteiger partial charge in [-0.1, -0.05) is 36.9 Å². The second-order valence-electron chi connectivity index (χ2n) is 4.98. The number of rotatable bonds is 2. The molecule has 1 aromatic carbocycles. The maximum atomic E-state index is 13.8. The van der Waals surface area contributed by atoms with Crippen molar-refractivity contribution in [2.75, 3.05) is 0 Å². The minimum Gasteiger partial charge on any atom is -0.348 e. The molecule has 19 heavy (non-hydrogen) atoms. The summed E-state index contributed by atoms with van der Waals surface area (Å²) in [6.45, 7) is 0. The normalized spacial score (nSPS) is 23.7. The maximum absolute atomic E-state index is 13.8. The van der Waals surface area contributed by atoms with Gasteiger partial charge in [0.05, 0.1) is 10.6 Å². The lowest BCUT2D eigenvalue weighted by atomic mass is 10.0. The van der Waals surface area contributed by atoms with E-state index in [1.54, 1.807) is 6.07 Å². The van der Waals surface area contributed by atoms with Gasteiger partial charge in [-0.15, -0.1) is 0 Å². The fraction of sp³-hybridized carbons (Fsp3) is 0.500. The fourth-order valence-corrected chi connectivity index (χ4v) is 2.62. The molecule has 0 spiro atoms. The molecule has 0 heterocycles. The van der Waals surface area contributed by atoms with Crippen LogP contribution in [-0.2, 0) is 0 Å². The molecule has 0 aromatic heterocycles. The Morgan fingerprint density at radius 2 is 2.05 bits per heavy atom. The quantitative estimate of drug-likeness (QED) is 0.821. The predicted molar refractivity (Wildman–Crippen MR) is 73.7 cm³/mol. The van der Waals surface area contributed by atoms with E-state index in [9.17, 15) is 9.18 Å². The van der Waals surface area contributed by atoms with E-state index >= 15 is 0 Å². The molecule has 1 aliphatic rings. The minimum atomic E-state index is -0.677. The second-order valence-corrected chi connectivity index (χ2v) is 5.39. The second kappa shape index (κ2) is 6.35. The van der Waals surface area contributed by atoms with E-state index in [0.29, 0.717) is 0 Å². The van der Waals surface area contributed by atoms with Crippen LogP contribution in [0.5, 0.6) is 0 Å². The molecule has 1 aromatic rings. The van der Waals surface area contributed by atoms with Crippen LogP contribution >= 0.6 is 11.6 Å². The highest BCUT2D eigenvalue weighted by atomic mass is 35.5.